The molecular weight excluding hydrogens is 530 g/mol. The molecule has 0 aliphatic rings. The van der Waals surface area contributed by atoms with Gasteiger partial charge in [0.25, 0.3) is 0 Å². The van der Waals surface area contributed by atoms with Crippen molar-refractivity contribution in [2.75, 3.05) is 6.54 Å². The van der Waals surface area contributed by atoms with Crippen LogP contribution in [0, 0.1) is 0 Å². The zero-order chi connectivity index (χ0) is 31.6. The summed E-state index contributed by atoms with van der Waals surface area (Å²) in [6.07, 6.45) is 28.2. The number of hydrogen-bond donors (Lipinski definition) is 2. The van der Waals surface area contributed by atoms with Crippen molar-refractivity contribution in [3.8, 4) is 0 Å². The summed E-state index contributed by atoms with van der Waals surface area (Å²) in [5.74, 6) is -3.67. The molecule has 0 spiro atoms. The van der Waals surface area contributed by atoms with Crippen molar-refractivity contribution in [1.29, 1.82) is 0 Å². The van der Waals surface area contributed by atoms with E-state index >= 15 is 0 Å². The number of hydrogen-bond acceptors (Lipinski definition) is 4. The van der Waals surface area contributed by atoms with Crippen LogP contribution in [-0.4, -0.2) is 57.3 Å². The fraction of sp³-hybridized carbons (Fsp3) is 0.857. The molecule has 0 aromatic rings. The number of carboxylic acid groups (broad SMARTS) is 3. The lowest BCUT2D eigenvalue weighted by Gasteiger charge is -2.51. The largest absolute Gasteiger partial charge is 0.544 e. The second-order valence-corrected chi connectivity index (χ2v) is 12.2. The summed E-state index contributed by atoms with van der Waals surface area (Å²) in [4.78, 5) is 36.7. The van der Waals surface area contributed by atoms with Gasteiger partial charge in [0.15, 0.2) is 12.1 Å². The lowest BCUT2D eigenvalue weighted by atomic mass is 9.94. The molecule has 3 unspecified atom stereocenters. The number of nitrogens with zero attached hydrogens (tertiary/aromatic N) is 1. The Labute approximate surface area is 257 Å². The molecule has 7 nitrogen and oxygen atoms in total. The summed E-state index contributed by atoms with van der Waals surface area (Å²) in [5, 5.41) is 32.2. The number of aliphatic carboxylic acids is 3. The van der Waals surface area contributed by atoms with Gasteiger partial charge in [-0.3, -0.25) is 4.48 Å². The van der Waals surface area contributed by atoms with Crippen molar-refractivity contribution in [2.45, 2.75) is 187 Å². The average Bonchev–Trinajstić information content (AvgIpc) is 2.94. The molecule has 0 aliphatic carbocycles. The number of allylic oxidation sites excluding steroid dienone is 2. The van der Waals surface area contributed by atoms with E-state index in [1.54, 1.807) is 20.8 Å². The van der Waals surface area contributed by atoms with Gasteiger partial charge in [0, 0.05) is 19.3 Å². The molecule has 0 radical (unpaired) electrons. The molecule has 0 saturated carbocycles. The third kappa shape index (κ3) is 15.5. The molecule has 0 rings (SSSR count). The van der Waals surface area contributed by atoms with Crippen molar-refractivity contribution in [2.24, 2.45) is 0 Å². The molecule has 42 heavy (non-hydrogen) atoms. The summed E-state index contributed by atoms with van der Waals surface area (Å²) in [6, 6.07) is -3.40. The highest BCUT2D eigenvalue weighted by molar-refractivity contribution is 5.77. The van der Waals surface area contributed by atoms with Gasteiger partial charge in [0.2, 0.25) is 0 Å². The zero-order valence-corrected chi connectivity index (χ0v) is 27.6. The predicted molar refractivity (Wildman–Crippen MR) is 170 cm³/mol. The lowest BCUT2D eigenvalue weighted by Crippen LogP contribution is -2.73. The minimum atomic E-state index is -1.37. The Morgan fingerprint density at radius 1 is 0.548 bits per heavy atom. The van der Waals surface area contributed by atoms with Gasteiger partial charge in [-0.2, -0.15) is 0 Å². The second kappa shape index (κ2) is 25.6. The molecule has 0 bridgehead atoms. The molecule has 0 aromatic heterocycles. The third-order valence-corrected chi connectivity index (χ3v) is 9.05. The standard InChI is InChI=1S/C35H65NO6/c1-5-9-10-11-12-13-14-15-16-17-18-19-20-21-22-23-24-25-26-27-28-29-36(30(6-2)33(37)38,31(7-3)34(39)40)32(8-4)35(41)42/h22-23,30-32H,5-21,24-29H2,1-4H3,(H2-,37,38,39,40,41,42)/b23-22+. The molecule has 246 valence electrons. The normalized spacial score (nSPS) is 15.3. The van der Waals surface area contributed by atoms with Crippen LogP contribution >= 0.6 is 0 Å². The van der Waals surface area contributed by atoms with Crippen LogP contribution < -0.4 is 5.11 Å². The summed E-state index contributed by atoms with van der Waals surface area (Å²) >= 11 is 0. The van der Waals surface area contributed by atoms with Gasteiger partial charge in [-0.05, 0) is 38.5 Å². The van der Waals surface area contributed by atoms with Crippen LogP contribution in [0.4, 0.5) is 0 Å². The first kappa shape index (κ1) is 40.1. The Morgan fingerprint density at radius 3 is 1.19 bits per heavy atom. The van der Waals surface area contributed by atoms with E-state index in [0.717, 1.165) is 32.1 Å². The number of rotatable bonds is 30. The average molecular weight is 596 g/mol. The second-order valence-electron chi connectivity index (χ2n) is 12.2. The summed E-state index contributed by atoms with van der Waals surface area (Å²) in [5.41, 5.74) is 0. The van der Waals surface area contributed by atoms with Gasteiger partial charge in [-0.15, -0.1) is 0 Å². The first-order valence-corrected chi connectivity index (χ1v) is 17.4. The summed E-state index contributed by atoms with van der Waals surface area (Å²) < 4.78 is -0.477. The number of quaternary nitrogens is 1. The van der Waals surface area contributed by atoms with Crippen LogP contribution in [0.5, 0.6) is 0 Å². The molecule has 2 N–H and O–H groups in total. The van der Waals surface area contributed by atoms with Gasteiger partial charge < -0.3 is 20.1 Å². The van der Waals surface area contributed by atoms with Gasteiger partial charge in [-0.25, -0.2) is 9.59 Å². The van der Waals surface area contributed by atoms with Crippen LogP contribution in [0.2, 0.25) is 0 Å². The van der Waals surface area contributed by atoms with Gasteiger partial charge >= 0.3 is 11.9 Å². The number of carboxylic acids is 3. The summed E-state index contributed by atoms with van der Waals surface area (Å²) in [7, 11) is 0. The van der Waals surface area contributed by atoms with E-state index in [0.29, 0.717) is 6.42 Å². The van der Waals surface area contributed by atoms with Gasteiger partial charge in [0.05, 0.1) is 12.5 Å². The van der Waals surface area contributed by atoms with Crippen molar-refractivity contribution in [3.05, 3.63) is 12.2 Å². The van der Waals surface area contributed by atoms with Crippen molar-refractivity contribution in [1.82, 2.24) is 0 Å². The van der Waals surface area contributed by atoms with Crippen LogP contribution in [0.1, 0.15) is 169 Å². The quantitative estimate of drug-likeness (QED) is 0.0493. The van der Waals surface area contributed by atoms with E-state index in [-0.39, 0.29) is 25.8 Å². The Bertz CT molecular complexity index is 682. The lowest BCUT2D eigenvalue weighted by molar-refractivity contribution is -0.974. The molecule has 7 heteroatoms. The number of unbranched alkanes of at least 4 members (excludes halogenated alkanes) is 17. The highest BCUT2D eigenvalue weighted by Crippen LogP contribution is 2.32. The van der Waals surface area contributed by atoms with Crippen LogP contribution in [0.15, 0.2) is 12.2 Å². The molecule has 0 aliphatic heterocycles. The minimum Gasteiger partial charge on any atom is -0.544 e. The first-order chi connectivity index (χ1) is 20.2. The summed E-state index contributed by atoms with van der Waals surface area (Å²) in [6.45, 7) is 7.51. The van der Waals surface area contributed by atoms with E-state index in [1.807, 2.05) is 0 Å². The molecule has 3 atom stereocenters. The highest BCUT2D eigenvalue weighted by Gasteiger charge is 2.53. The molecular formula is C35H65NO6. The fourth-order valence-electron chi connectivity index (χ4n) is 6.78. The van der Waals surface area contributed by atoms with E-state index in [4.69, 9.17) is 0 Å². The predicted octanol–water partition coefficient (Wildman–Crippen LogP) is 8.05. The maximum atomic E-state index is 12.3. The SMILES string of the molecule is CCCCCCCCCCCCCCC/C=C/CCCCCC[N+](C(CC)C(=O)[O-])(C(CC)C(=O)O)C(CC)C(=O)O. The Kier molecular flexibility index (Phi) is 24.4. The molecule has 0 amide bonds. The first-order valence-electron chi connectivity index (χ1n) is 17.4. The Balaban J connectivity index is 4.41. The van der Waals surface area contributed by atoms with Crippen molar-refractivity contribution < 1.29 is 34.2 Å². The van der Waals surface area contributed by atoms with Gasteiger partial charge in [0.1, 0.15) is 6.04 Å². The van der Waals surface area contributed by atoms with Crippen molar-refractivity contribution in [3.63, 3.8) is 0 Å². The molecule has 0 heterocycles. The van der Waals surface area contributed by atoms with E-state index in [9.17, 15) is 29.7 Å². The number of carbonyl (C=O) groups is 3. The monoisotopic (exact) mass is 595 g/mol. The van der Waals surface area contributed by atoms with Crippen molar-refractivity contribution >= 4 is 17.9 Å². The van der Waals surface area contributed by atoms with Crippen LogP contribution in [0.25, 0.3) is 0 Å². The Morgan fingerprint density at radius 2 is 0.881 bits per heavy atom. The maximum Gasteiger partial charge on any atom is 0.362 e. The molecule has 0 saturated heterocycles. The minimum absolute atomic E-state index is 0.125. The van der Waals surface area contributed by atoms with E-state index in [1.165, 1.54) is 83.5 Å². The fourth-order valence-corrected chi connectivity index (χ4v) is 6.78. The third-order valence-electron chi connectivity index (χ3n) is 9.05. The molecule has 0 aromatic carbocycles. The maximum absolute atomic E-state index is 12.3. The number of carbonyl (C=O) groups excluding carboxylic acids is 1. The molecule has 0 fully saturated rings. The van der Waals surface area contributed by atoms with Crippen LogP contribution in [-0.2, 0) is 14.4 Å². The highest BCUT2D eigenvalue weighted by atomic mass is 16.4. The van der Waals surface area contributed by atoms with Gasteiger partial charge in [-0.1, -0.05) is 123 Å². The smallest absolute Gasteiger partial charge is 0.362 e. The zero-order valence-electron chi connectivity index (χ0n) is 27.6. The van der Waals surface area contributed by atoms with Crippen LogP contribution in [0.3, 0.4) is 0 Å². The van der Waals surface area contributed by atoms with E-state index in [2.05, 4.69) is 19.1 Å². The topological polar surface area (TPSA) is 115 Å². The van der Waals surface area contributed by atoms with E-state index < -0.39 is 40.5 Å². The Hall–Kier alpha value is -1.89.